The smallest absolute Gasteiger partial charge is 0.255 e. The van der Waals surface area contributed by atoms with Crippen LogP contribution in [0.15, 0.2) is 42.5 Å². The van der Waals surface area contributed by atoms with E-state index in [0.717, 1.165) is 25.1 Å². The van der Waals surface area contributed by atoms with Crippen molar-refractivity contribution in [2.24, 2.45) is 5.73 Å². The third-order valence-corrected chi connectivity index (χ3v) is 4.77. The average Bonchev–Trinajstić information content (AvgIpc) is 2.63. The number of nitrogens with two attached hydrogens (primary N) is 1. The van der Waals surface area contributed by atoms with E-state index in [9.17, 15) is 14.7 Å². The number of nitrogens with zero attached hydrogens (tertiary/aromatic N) is 1. The molecule has 1 fully saturated rings. The molecule has 1 atom stereocenters. The molecule has 2 aromatic rings. The van der Waals surface area contributed by atoms with Crippen LogP contribution in [0.4, 0.5) is 11.4 Å². The molecule has 0 saturated carbocycles. The highest BCUT2D eigenvalue weighted by atomic mass is 16.3. The summed E-state index contributed by atoms with van der Waals surface area (Å²) in [5, 5.41) is 12.3. The molecule has 6 heteroatoms. The summed E-state index contributed by atoms with van der Waals surface area (Å²) in [6.07, 6.45) is 3.36. The van der Waals surface area contributed by atoms with Gasteiger partial charge in [0.1, 0.15) is 5.75 Å². The van der Waals surface area contributed by atoms with Crippen molar-refractivity contribution in [1.29, 1.82) is 0 Å². The maximum atomic E-state index is 12.6. The molecule has 1 unspecified atom stereocenters. The zero-order valence-corrected chi connectivity index (χ0v) is 14.7. The van der Waals surface area contributed by atoms with E-state index in [2.05, 4.69) is 17.1 Å². The van der Waals surface area contributed by atoms with Crippen LogP contribution in [0.3, 0.4) is 0 Å². The minimum Gasteiger partial charge on any atom is -0.508 e. The molecule has 1 saturated heterocycles. The first kappa shape index (κ1) is 17.8. The fourth-order valence-corrected chi connectivity index (χ4v) is 3.30. The number of carbonyl (C=O) groups is 2. The van der Waals surface area contributed by atoms with Gasteiger partial charge in [-0.05, 0) is 68.7 Å². The molecule has 4 N–H and O–H groups in total. The molecule has 0 aromatic heterocycles. The summed E-state index contributed by atoms with van der Waals surface area (Å²) in [6, 6.07) is 11.5. The molecule has 6 nitrogen and oxygen atoms in total. The van der Waals surface area contributed by atoms with Crippen molar-refractivity contribution < 1.29 is 14.7 Å². The van der Waals surface area contributed by atoms with Crippen molar-refractivity contribution in [1.82, 2.24) is 0 Å². The van der Waals surface area contributed by atoms with Gasteiger partial charge in [-0.25, -0.2) is 0 Å². The van der Waals surface area contributed by atoms with Crippen molar-refractivity contribution in [3.63, 3.8) is 0 Å². The van der Waals surface area contributed by atoms with Crippen LogP contribution >= 0.6 is 0 Å². The van der Waals surface area contributed by atoms with Crippen LogP contribution in [-0.2, 0) is 0 Å². The summed E-state index contributed by atoms with van der Waals surface area (Å²) < 4.78 is 0. The number of phenols is 1. The predicted molar refractivity (Wildman–Crippen MR) is 102 cm³/mol. The van der Waals surface area contributed by atoms with Gasteiger partial charge >= 0.3 is 0 Å². The molecule has 0 bridgehead atoms. The highest BCUT2D eigenvalue weighted by molar-refractivity contribution is 6.07. The van der Waals surface area contributed by atoms with Gasteiger partial charge in [0.15, 0.2) is 0 Å². The Morgan fingerprint density at radius 3 is 2.46 bits per heavy atom. The third-order valence-electron chi connectivity index (χ3n) is 4.77. The summed E-state index contributed by atoms with van der Waals surface area (Å²) in [7, 11) is 0. The van der Waals surface area contributed by atoms with E-state index in [4.69, 9.17) is 5.73 Å². The van der Waals surface area contributed by atoms with E-state index in [1.807, 2.05) is 6.07 Å². The Hall–Kier alpha value is -3.02. The first-order valence-corrected chi connectivity index (χ1v) is 8.76. The zero-order chi connectivity index (χ0) is 18.7. The second-order valence-corrected chi connectivity index (χ2v) is 6.64. The standard InChI is InChI=1S/C20H23N3O3/c1-13-4-2-3-11-23(13)18-10-7-15(19(21)25)12-17(18)22-20(26)14-5-8-16(24)9-6-14/h5-10,12-13,24H,2-4,11H2,1H3,(H2,21,25)(H,22,26). The lowest BCUT2D eigenvalue weighted by Crippen LogP contribution is -2.38. The van der Waals surface area contributed by atoms with Gasteiger partial charge in [0.2, 0.25) is 5.91 Å². The number of benzene rings is 2. The van der Waals surface area contributed by atoms with Gasteiger partial charge in [0.25, 0.3) is 5.91 Å². The molecule has 1 heterocycles. The Kier molecular flexibility index (Phi) is 5.11. The van der Waals surface area contributed by atoms with Crippen molar-refractivity contribution in [2.45, 2.75) is 32.2 Å². The number of hydrogen-bond donors (Lipinski definition) is 3. The maximum absolute atomic E-state index is 12.6. The SMILES string of the molecule is CC1CCCCN1c1ccc(C(N)=O)cc1NC(=O)c1ccc(O)cc1. The lowest BCUT2D eigenvalue weighted by molar-refractivity contribution is 0.0996. The average molecular weight is 353 g/mol. The Labute approximate surface area is 152 Å². The van der Waals surface area contributed by atoms with Gasteiger partial charge in [-0.1, -0.05) is 0 Å². The van der Waals surface area contributed by atoms with Crippen LogP contribution in [0.5, 0.6) is 5.75 Å². The largest absolute Gasteiger partial charge is 0.508 e. The number of rotatable bonds is 4. The third kappa shape index (κ3) is 3.79. The fraction of sp³-hybridized carbons (Fsp3) is 0.300. The number of amides is 2. The molecule has 136 valence electrons. The summed E-state index contributed by atoms with van der Waals surface area (Å²) in [5.74, 6) is -0.749. The van der Waals surface area contributed by atoms with Crippen LogP contribution < -0.4 is 16.0 Å². The topological polar surface area (TPSA) is 95.7 Å². The van der Waals surface area contributed by atoms with Crippen molar-refractivity contribution in [3.05, 3.63) is 53.6 Å². The number of piperidine rings is 1. The van der Waals surface area contributed by atoms with E-state index < -0.39 is 5.91 Å². The zero-order valence-electron chi connectivity index (χ0n) is 14.7. The number of carbonyl (C=O) groups excluding carboxylic acids is 2. The second-order valence-electron chi connectivity index (χ2n) is 6.64. The Morgan fingerprint density at radius 2 is 1.81 bits per heavy atom. The fourth-order valence-electron chi connectivity index (χ4n) is 3.30. The molecule has 1 aliphatic heterocycles. The van der Waals surface area contributed by atoms with Crippen molar-refractivity contribution in [3.8, 4) is 5.75 Å². The quantitative estimate of drug-likeness (QED) is 0.787. The van der Waals surface area contributed by atoms with Crippen LogP contribution in [0.1, 0.15) is 46.9 Å². The highest BCUT2D eigenvalue weighted by Crippen LogP contribution is 2.32. The van der Waals surface area contributed by atoms with E-state index in [1.165, 1.54) is 18.6 Å². The van der Waals surface area contributed by atoms with Crippen LogP contribution in [0.25, 0.3) is 0 Å². The Balaban J connectivity index is 1.94. The van der Waals surface area contributed by atoms with Gasteiger partial charge in [-0.15, -0.1) is 0 Å². The van der Waals surface area contributed by atoms with Gasteiger partial charge < -0.3 is 21.1 Å². The minimum absolute atomic E-state index is 0.0973. The second kappa shape index (κ2) is 7.47. The van der Waals surface area contributed by atoms with Crippen molar-refractivity contribution in [2.75, 3.05) is 16.8 Å². The molecule has 3 rings (SSSR count). The van der Waals surface area contributed by atoms with Gasteiger partial charge in [-0.3, -0.25) is 9.59 Å². The van der Waals surface area contributed by atoms with Gasteiger partial charge in [0.05, 0.1) is 11.4 Å². The molecular weight excluding hydrogens is 330 g/mol. The lowest BCUT2D eigenvalue weighted by Gasteiger charge is -2.36. The number of primary amides is 1. The van der Waals surface area contributed by atoms with Crippen molar-refractivity contribution >= 4 is 23.2 Å². The molecule has 2 aromatic carbocycles. The summed E-state index contributed by atoms with van der Waals surface area (Å²) in [5.41, 5.74) is 7.62. The summed E-state index contributed by atoms with van der Waals surface area (Å²) in [6.45, 7) is 3.06. The Morgan fingerprint density at radius 1 is 1.12 bits per heavy atom. The number of nitrogens with one attached hydrogen (secondary N) is 1. The molecular formula is C20H23N3O3. The Bertz CT molecular complexity index is 818. The number of anilines is 2. The number of aromatic hydroxyl groups is 1. The highest BCUT2D eigenvalue weighted by Gasteiger charge is 2.22. The molecule has 2 amide bonds. The number of hydrogen-bond acceptors (Lipinski definition) is 4. The molecule has 0 radical (unpaired) electrons. The van der Waals surface area contributed by atoms with E-state index in [-0.39, 0.29) is 11.7 Å². The maximum Gasteiger partial charge on any atom is 0.255 e. The molecule has 0 aliphatic carbocycles. The van der Waals surface area contributed by atoms with E-state index in [1.54, 1.807) is 24.3 Å². The van der Waals surface area contributed by atoms with Crippen LogP contribution in [-0.4, -0.2) is 29.5 Å². The lowest BCUT2D eigenvalue weighted by atomic mass is 10.0. The first-order chi connectivity index (χ1) is 12.5. The van der Waals surface area contributed by atoms with Crippen LogP contribution in [0, 0.1) is 0 Å². The predicted octanol–water partition coefficient (Wildman–Crippen LogP) is 3.12. The van der Waals surface area contributed by atoms with Gasteiger partial charge in [-0.2, -0.15) is 0 Å². The number of phenolic OH excluding ortho intramolecular Hbond substituents is 1. The van der Waals surface area contributed by atoms with E-state index >= 15 is 0 Å². The minimum atomic E-state index is -0.539. The van der Waals surface area contributed by atoms with E-state index in [0.29, 0.717) is 22.9 Å². The summed E-state index contributed by atoms with van der Waals surface area (Å²) >= 11 is 0. The molecule has 26 heavy (non-hydrogen) atoms. The van der Waals surface area contributed by atoms with Crippen LogP contribution in [0.2, 0.25) is 0 Å². The monoisotopic (exact) mass is 353 g/mol. The first-order valence-electron chi connectivity index (χ1n) is 8.76. The van der Waals surface area contributed by atoms with Gasteiger partial charge in [0, 0.05) is 23.7 Å². The molecule has 0 spiro atoms. The summed E-state index contributed by atoms with van der Waals surface area (Å²) in [4.78, 5) is 26.4. The normalized spacial score (nSPS) is 17.0. The molecule has 1 aliphatic rings.